The number of anilines is 1. The lowest BCUT2D eigenvalue weighted by atomic mass is 10.2. The number of nitrogens with zero attached hydrogens (tertiary/aromatic N) is 3. The summed E-state index contributed by atoms with van der Waals surface area (Å²) in [5, 5.41) is 4.34. The summed E-state index contributed by atoms with van der Waals surface area (Å²) in [6.07, 6.45) is 3.23. The van der Waals surface area contributed by atoms with Crippen molar-refractivity contribution in [2.45, 2.75) is 19.5 Å². The summed E-state index contributed by atoms with van der Waals surface area (Å²) < 4.78 is 5.39. The fourth-order valence-electron chi connectivity index (χ4n) is 3.17. The molecule has 6 nitrogen and oxygen atoms in total. The Morgan fingerprint density at radius 3 is 2.72 bits per heavy atom. The zero-order chi connectivity index (χ0) is 20.2. The van der Waals surface area contributed by atoms with E-state index in [-0.39, 0.29) is 11.9 Å². The maximum atomic E-state index is 12.8. The van der Waals surface area contributed by atoms with Crippen LogP contribution in [0.5, 0.6) is 0 Å². The number of carbonyl (C=O) groups is 1. The molecule has 3 aromatic heterocycles. The zero-order valence-electron chi connectivity index (χ0n) is 16.4. The van der Waals surface area contributed by atoms with E-state index < -0.39 is 0 Å². The minimum absolute atomic E-state index is 0.0132. The maximum Gasteiger partial charge on any atom is 0.255 e. The number of hydrogen-bond acceptors (Lipinski definition) is 5. The Morgan fingerprint density at radius 2 is 1.97 bits per heavy atom. The Kier molecular flexibility index (Phi) is 5.24. The molecule has 1 amide bonds. The molecule has 0 aliphatic carbocycles. The Balaban J connectivity index is 1.41. The van der Waals surface area contributed by atoms with Crippen LogP contribution in [0.15, 0.2) is 77.5 Å². The van der Waals surface area contributed by atoms with Gasteiger partial charge in [0.15, 0.2) is 0 Å². The normalized spacial score (nSPS) is 11.9. The third-order valence-electron chi connectivity index (χ3n) is 4.75. The molecule has 3 heterocycles. The Bertz CT molecular complexity index is 1110. The SMILES string of the molecule is C[C@@H](Nc1ccc(C(=O)N(C)Cc2ccc3ccccc3n2)cn1)c1ccco1. The number of hydrogen-bond donors (Lipinski definition) is 1. The van der Waals surface area contributed by atoms with Crippen LogP contribution in [0.1, 0.15) is 34.8 Å². The van der Waals surface area contributed by atoms with Crippen molar-refractivity contribution in [3.8, 4) is 0 Å². The number of aromatic nitrogens is 2. The first-order valence-corrected chi connectivity index (χ1v) is 9.46. The summed E-state index contributed by atoms with van der Waals surface area (Å²) in [6.45, 7) is 2.42. The van der Waals surface area contributed by atoms with Crippen molar-refractivity contribution in [1.82, 2.24) is 14.9 Å². The summed E-state index contributed by atoms with van der Waals surface area (Å²) in [5.41, 5.74) is 2.30. The van der Waals surface area contributed by atoms with Gasteiger partial charge in [0.05, 0.1) is 35.6 Å². The lowest BCUT2D eigenvalue weighted by Crippen LogP contribution is -2.26. The van der Waals surface area contributed by atoms with Crippen LogP contribution in [0.2, 0.25) is 0 Å². The van der Waals surface area contributed by atoms with Crippen molar-refractivity contribution in [3.63, 3.8) is 0 Å². The van der Waals surface area contributed by atoms with Crippen molar-refractivity contribution in [2.75, 3.05) is 12.4 Å². The average Bonchev–Trinajstić information content (AvgIpc) is 3.29. The molecule has 0 aliphatic rings. The molecule has 0 bridgehead atoms. The second-order valence-electron chi connectivity index (χ2n) is 6.97. The van der Waals surface area contributed by atoms with E-state index in [1.165, 1.54) is 0 Å². The van der Waals surface area contributed by atoms with Gasteiger partial charge in [-0.3, -0.25) is 9.78 Å². The topological polar surface area (TPSA) is 71.3 Å². The van der Waals surface area contributed by atoms with Crippen LogP contribution in [0.4, 0.5) is 5.82 Å². The van der Waals surface area contributed by atoms with Gasteiger partial charge in [0.1, 0.15) is 11.6 Å². The first-order chi connectivity index (χ1) is 14.1. The van der Waals surface area contributed by atoms with E-state index >= 15 is 0 Å². The highest BCUT2D eigenvalue weighted by Gasteiger charge is 2.14. The van der Waals surface area contributed by atoms with Crippen molar-refractivity contribution >= 4 is 22.6 Å². The largest absolute Gasteiger partial charge is 0.467 e. The summed E-state index contributed by atoms with van der Waals surface area (Å²) in [4.78, 5) is 23.4. The fourth-order valence-corrected chi connectivity index (χ4v) is 3.17. The van der Waals surface area contributed by atoms with E-state index in [1.54, 1.807) is 36.5 Å². The molecule has 146 valence electrons. The van der Waals surface area contributed by atoms with Gasteiger partial charge in [0.2, 0.25) is 0 Å². The minimum Gasteiger partial charge on any atom is -0.467 e. The number of amides is 1. The number of fused-ring (bicyclic) bond motifs is 1. The highest BCUT2D eigenvalue weighted by molar-refractivity contribution is 5.93. The van der Waals surface area contributed by atoms with Gasteiger partial charge < -0.3 is 14.6 Å². The molecular formula is C23H22N4O2. The summed E-state index contributed by atoms with van der Waals surface area (Å²) in [6, 6.07) is 19.2. The Labute approximate surface area is 169 Å². The molecule has 0 radical (unpaired) electrons. The number of benzene rings is 1. The third kappa shape index (κ3) is 4.27. The van der Waals surface area contributed by atoms with Crippen LogP contribution < -0.4 is 5.32 Å². The molecule has 0 unspecified atom stereocenters. The van der Waals surface area contributed by atoms with Gasteiger partial charge in [-0.1, -0.05) is 24.3 Å². The molecule has 1 aromatic carbocycles. The molecule has 4 rings (SSSR count). The fraction of sp³-hybridized carbons (Fsp3) is 0.174. The van der Waals surface area contributed by atoms with Gasteiger partial charge in [0.25, 0.3) is 5.91 Å². The summed E-state index contributed by atoms with van der Waals surface area (Å²) in [7, 11) is 1.77. The third-order valence-corrected chi connectivity index (χ3v) is 4.75. The van der Waals surface area contributed by atoms with Crippen molar-refractivity contribution in [1.29, 1.82) is 0 Å². The minimum atomic E-state index is -0.0990. The summed E-state index contributed by atoms with van der Waals surface area (Å²) in [5.74, 6) is 1.41. The van der Waals surface area contributed by atoms with E-state index in [9.17, 15) is 4.79 Å². The number of para-hydroxylation sites is 1. The van der Waals surface area contributed by atoms with Gasteiger partial charge >= 0.3 is 0 Å². The zero-order valence-corrected chi connectivity index (χ0v) is 16.4. The van der Waals surface area contributed by atoms with Crippen LogP contribution in [0.3, 0.4) is 0 Å². The van der Waals surface area contributed by atoms with E-state index in [4.69, 9.17) is 4.42 Å². The Morgan fingerprint density at radius 1 is 1.10 bits per heavy atom. The Hall–Kier alpha value is -3.67. The molecule has 4 aromatic rings. The van der Waals surface area contributed by atoms with Gasteiger partial charge in [-0.15, -0.1) is 0 Å². The number of rotatable bonds is 6. The van der Waals surface area contributed by atoms with Crippen LogP contribution in [-0.2, 0) is 6.54 Å². The highest BCUT2D eigenvalue weighted by Crippen LogP contribution is 2.19. The molecule has 0 saturated carbocycles. The molecule has 1 N–H and O–H groups in total. The number of pyridine rings is 2. The lowest BCUT2D eigenvalue weighted by molar-refractivity contribution is 0.0783. The lowest BCUT2D eigenvalue weighted by Gasteiger charge is -2.17. The van der Waals surface area contributed by atoms with Crippen LogP contribution in [-0.4, -0.2) is 27.8 Å². The monoisotopic (exact) mass is 386 g/mol. The smallest absolute Gasteiger partial charge is 0.255 e. The van der Waals surface area contributed by atoms with Crippen molar-refractivity contribution in [2.24, 2.45) is 0 Å². The molecule has 6 heteroatoms. The first-order valence-electron chi connectivity index (χ1n) is 9.46. The second-order valence-corrected chi connectivity index (χ2v) is 6.97. The van der Waals surface area contributed by atoms with Crippen LogP contribution in [0, 0.1) is 0 Å². The standard InChI is InChI=1S/C23H22N4O2/c1-16(21-8-5-13-29-21)25-22-12-10-18(14-24-22)23(28)27(2)15-19-11-9-17-6-3-4-7-20(17)26-19/h3-14,16H,15H2,1-2H3,(H,24,25)/t16-/m1/s1. The van der Waals surface area contributed by atoms with Gasteiger partial charge in [-0.25, -0.2) is 4.98 Å². The highest BCUT2D eigenvalue weighted by atomic mass is 16.3. The van der Waals surface area contributed by atoms with Crippen LogP contribution >= 0.6 is 0 Å². The molecule has 0 aliphatic heterocycles. The number of carbonyl (C=O) groups excluding carboxylic acids is 1. The van der Waals surface area contributed by atoms with Crippen molar-refractivity contribution in [3.05, 3.63) is 90.1 Å². The average molecular weight is 386 g/mol. The molecule has 1 atom stereocenters. The van der Waals surface area contributed by atoms with E-state index in [2.05, 4.69) is 15.3 Å². The molecule has 0 spiro atoms. The molecular weight excluding hydrogens is 364 g/mol. The van der Waals surface area contributed by atoms with E-state index in [0.717, 1.165) is 22.4 Å². The summed E-state index contributed by atoms with van der Waals surface area (Å²) >= 11 is 0. The van der Waals surface area contributed by atoms with Gasteiger partial charge in [-0.2, -0.15) is 0 Å². The van der Waals surface area contributed by atoms with Crippen molar-refractivity contribution < 1.29 is 9.21 Å². The molecule has 0 fully saturated rings. The maximum absolute atomic E-state index is 12.8. The van der Waals surface area contributed by atoms with Gasteiger partial charge in [0, 0.05) is 18.6 Å². The second kappa shape index (κ2) is 8.14. The first kappa shape index (κ1) is 18.7. The predicted octanol–water partition coefficient (Wildman–Crippen LogP) is 4.67. The quantitative estimate of drug-likeness (QED) is 0.521. The number of nitrogens with one attached hydrogen (secondary N) is 1. The van der Waals surface area contributed by atoms with E-state index in [0.29, 0.717) is 17.9 Å². The molecule has 29 heavy (non-hydrogen) atoms. The van der Waals surface area contributed by atoms with E-state index in [1.807, 2.05) is 55.5 Å². The van der Waals surface area contributed by atoms with Crippen LogP contribution in [0.25, 0.3) is 10.9 Å². The van der Waals surface area contributed by atoms with Gasteiger partial charge in [-0.05, 0) is 43.3 Å². The number of furan rings is 1. The predicted molar refractivity (Wildman–Crippen MR) is 113 cm³/mol. The molecule has 0 saturated heterocycles.